The zero-order valence-corrected chi connectivity index (χ0v) is 20.1. The summed E-state index contributed by atoms with van der Waals surface area (Å²) in [7, 11) is 0. The number of benzene rings is 2. The van der Waals surface area contributed by atoms with Crippen LogP contribution in [0.1, 0.15) is 63.2 Å². The predicted molar refractivity (Wildman–Crippen MR) is 132 cm³/mol. The van der Waals surface area contributed by atoms with Gasteiger partial charge in [0.25, 0.3) is 5.56 Å². The maximum absolute atomic E-state index is 13.4. The molecular weight excluding hydrogens is 452 g/mol. The van der Waals surface area contributed by atoms with E-state index in [9.17, 15) is 4.79 Å². The van der Waals surface area contributed by atoms with Crippen LogP contribution >= 0.6 is 15.9 Å². The van der Waals surface area contributed by atoms with E-state index in [-0.39, 0.29) is 11.5 Å². The summed E-state index contributed by atoms with van der Waals surface area (Å²) in [5.41, 5.74) is 3.88. The van der Waals surface area contributed by atoms with Crippen molar-refractivity contribution in [3.63, 3.8) is 0 Å². The van der Waals surface area contributed by atoms with Crippen LogP contribution < -0.4 is 5.56 Å². The molecule has 0 saturated heterocycles. The van der Waals surface area contributed by atoms with Gasteiger partial charge in [-0.15, -0.1) is 0 Å². The maximum Gasteiger partial charge on any atom is 0.282 e. The molecular formula is C25H27BrN4O. The second-order valence-electron chi connectivity index (χ2n) is 8.28. The summed E-state index contributed by atoms with van der Waals surface area (Å²) in [6, 6.07) is 14.3. The number of rotatable bonds is 5. The molecule has 0 radical (unpaired) electrons. The van der Waals surface area contributed by atoms with Gasteiger partial charge in [0.15, 0.2) is 0 Å². The second-order valence-corrected chi connectivity index (χ2v) is 9.20. The van der Waals surface area contributed by atoms with Crippen LogP contribution in [0.5, 0.6) is 0 Å². The molecule has 0 aliphatic carbocycles. The molecule has 2 aromatic carbocycles. The smallest absolute Gasteiger partial charge is 0.282 e. The first-order valence-electron chi connectivity index (χ1n) is 10.7. The number of fused-ring (bicyclic) bond motifs is 2. The maximum atomic E-state index is 13.4. The monoisotopic (exact) mass is 478 g/mol. The number of aromatic nitrogens is 3. The first kappa shape index (κ1) is 21.5. The fourth-order valence-electron chi connectivity index (χ4n) is 4.14. The van der Waals surface area contributed by atoms with Crippen LogP contribution in [0.15, 0.2) is 56.8 Å². The molecule has 2 aromatic heterocycles. The van der Waals surface area contributed by atoms with Crippen LogP contribution in [0, 0.1) is 6.92 Å². The van der Waals surface area contributed by atoms with Crippen molar-refractivity contribution in [1.29, 1.82) is 0 Å². The lowest BCUT2D eigenvalue weighted by molar-refractivity contribution is 0.606. The van der Waals surface area contributed by atoms with Gasteiger partial charge in [-0.3, -0.25) is 4.79 Å². The Morgan fingerprint density at radius 2 is 1.87 bits per heavy atom. The summed E-state index contributed by atoms with van der Waals surface area (Å²) in [4.78, 5) is 18.2. The highest BCUT2D eigenvalue weighted by Gasteiger charge is 2.17. The number of nitrogens with zero attached hydrogens (tertiary/aromatic N) is 4. The molecule has 5 nitrogen and oxygen atoms in total. The van der Waals surface area contributed by atoms with Gasteiger partial charge in [0.1, 0.15) is 5.82 Å². The normalized spacial score (nSPS) is 13.1. The number of hydrogen-bond donors (Lipinski definition) is 0. The molecule has 4 rings (SSSR count). The zero-order chi connectivity index (χ0) is 22.3. The van der Waals surface area contributed by atoms with E-state index in [4.69, 9.17) is 10.1 Å². The average molecular weight is 479 g/mol. The number of halogens is 1. The molecule has 0 saturated carbocycles. The van der Waals surface area contributed by atoms with Crippen molar-refractivity contribution >= 4 is 44.0 Å². The van der Waals surface area contributed by atoms with Crippen molar-refractivity contribution in [2.24, 2.45) is 5.10 Å². The summed E-state index contributed by atoms with van der Waals surface area (Å²) in [5.74, 6) is 0.792. The van der Waals surface area contributed by atoms with Gasteiger partial charge in [0.2, 0.25) is 0 Å². The second kappa shape index (κ2) is 8.42. The van der Waals surface area contributed by atoms with Crippen molar-refractivity contribution in [1.82, 2.24) is 14.2 Å². The number of para-hydroxylation sites is 1. The van der Waals surface area contributed by atoms with E-state index in [2.05, 4.69) is 73.3 Å². The summed E-state index contributed by atoms with van der Waals surface area (Å²) in [5, 5.41) is 6.38. The van der Waals surface area contributed by atoms with Gasteiger partial charge >= 0.3 is 0 Å². The van der Waals surface area contributed by atoms with Crippen LogP contribution in [0.3, 0.4) is 0 Å². The molecule has 0 aliphatic heterocycles. The Kier molecular flexibility index (Phi) is 5.84. The van der Waals surface area contributed by atoms with Crippen molar-refractivity contribution in [2.75, 3.05) is 0 Å². The first-order chi connectivity index (χ1) is 14.8. The Morgan fingerprint density at radius 3 is 2.58 bits per heavy atom. The highest BCUT2D eigenvalue weighted by atomic mass is 79.9. The number of hydrogen-bond acceptors (Lipinski definition) is 3. The van der Waals surface area contributed by atoms with E-state index in [0.717, 1.165) is 27.5 Å². The largest absolute Gasteiger partial charge is 0.342 e. The Morgan fingerprint density at radius 1 is 1.13 bits per heavy atom. The van der Waals surface area contributed by atoms with Crippen LogP contribution in [0.4, 0.5) is 0 Å². The quantitative estimate of drug-likeness (QED) is 0.311. The van der Waals surface area contributed by atoms with Crippen molar-refractivity contribution in [3.05, 3.63) is 74.4 Å². The third-order valence-electron chi connectivity index (χ3n) is 5.91. The molecule has 0 fully saturated rings. The third-order valence-corrected chi connectivity index (χ3v) is 6.40. The summed E-state index contributed by atoms with van der Waals surface area (Å²) in [6.45, 7) is 10.6. The van der Waals surface area contributed by atoms with E-state index in [1.54, 1.807) is 0 Å². The minimum Gasteiger partial charge on any atom is -0.342 e. The van der Waals surface area contributed by atoms with Gasteiger partial charge in [0, 0.05) is 38.6 Å². The van der Waals surface area contributed by atoms with Gasteiger partial charge in [-0.05, 0) is 51.5 Å². The van der Waals surface area contributed by atoms with E-state index < -0.39 is 0 Å². The van der Waals surface area contributed by atoms with E-state index >= 15 is 0 Å². The molecule has 6 heteroatoms. The average Bonchev–Trinajstić information content (AvgIpc) is 3.04. The molecule has 1 atom stereocenters. The van der Waals surface area contributed by atoms with Crippen LogP contribution in [0.2, 0.25) is 0 Å². The third kappa shape index (κ3) is 3.74. The highest BCUT2D eigenvalue weighted by Crippen LogP contribution is 2.28. The minimum absolute atomic E-state index is 0.107. The standard InChI is InChI=1S/C25H27BrN4O/c1-6-16(4)24-28-22-12-11-18(26)13-20(22)25(31)30(24)27-14-21-17(5)29(15(2)3)23-10-8-7-9-19(21)23/h7-16H,6H2,1-5H3/t16-/m0/s1. The Hall–Kier alpha value is -2.73. The molecule has 0 bridgehead atoms. The fourth-order valence-corrected chi connectivity index (χ4v) is 4.50. The predicted octanol–water partition coefficient (Wildman–Crippen LogP) is 6.40. The Labute approximate surface area is 190 Å². The summed E-state index contributed by atoms with van der Waals surface area (Å²) < 4.78 is 4.64. The molecule has 0 N–H and O–H groups in total. The van der Waals surface area contributed by atoms with Crippen LogP contribution in [-0.2, 0) is 0 Å². The van der Waals surface area contributed by atoms with Crippen molar-refractivity contribution in [3.8, 4) is 0 Å². The SMILES string of the molecule is CC[C@H](C)c1nc2ccc(Br)cc2c(=O)n1N=Cc1c(C)n(C(C)C)c2ccccc12. The van der Waals surface area contributed by atoms with Crippen LogP contribution in [-0.4, -0.2) is 20.4 Å². The van der Waals surface area contributed by atoms with Gasteiger partial charge in [-0.2, -0.15) is 9.78 Å². The van der Waals surface area contributed by atoms with Gasteiger partial charge in [0.05, 0.1) is 17.1 Å². The van der Waals surface area contributed by atoms with Gasteiger partial charge in [-0.25, -0.2) is 4.98 Å². The topological polar surface area (TPSA) is 52.2 Å². The van der Waals surface area contributed by atoms with E-state index in [0.29, 0.717) is 22.8 Å². The highest BCUT2D eigenvalue weighted by molar-refractivity contribution is 9.10. The van der Waals surface area contributed by atoms with Gasteiger partial charge in [-0.1, -0.05) is 48.0 Å². The molecule has 0 aliphatic rings. The van der Waals surface area contributed by atoms with Gasteiger partial charge < -0.3 is 4.57 Å². The molecule has 160 valence electrons. The van der Waals surface area contributed by atoms with Crippen molar-refractivity contribution < 1.29 is 0 Å². The van der Waals surface area contributed by atoms with Crippen LogP contribution in [0.25, 0.3) is 21.8 Å². The molecule has 2 heterocycles. The first-order valence-corrected chi connectivity index (χ1v) is 11.5. The lowest BCUT2D eigenvalue weighted by Gasteiger charge is -2.14. The Bertz CT molecular complexity index is 1360. The minimum atomic E-state index is -0.150. The zero-order valence-electron chi connectivity index (χ0n) is 18.6. The molecule has 31 heavy (non-hydrogen) atoms. The molecule has 4 aromatic rings. The van der Waals surface area contributed by atoms with E-state index in [1.165, 1.54) is 10.2 Å². The molecule has 0 spiro atoms. The fraction of sp³-hybridized carbons (Fsp3) is 0.320. The molecule has 0 amide bonds. The lowest BCUT2D eigenvalue weighted by atomic mass is 10.1. The summed E-state index contributed by atoms with van der Waals surface area (Å²) in [6.07, 6.45) is 2.69. The molecule has 0 unspecified atom stereocenters. The Balaban J connectivity index is 1.96. The van der Waals surface area contributed by atoms with Crippen molar-refractivity contribution in [2.45, 2.75) is 53.0 Å². The van der Waals surface area contributed by atoms with E-state index in [1.807, 2.05) is 30.5 Å². The summed E-state index contributed by atoms with van der Waals surface area (Å²) >= 11 is 3.46. The lowest BCUT2D eigenvalue weighted by Crippen LogP contribution is -2.23.